The Hall–Kier alpha value is -7.96. The first kappa shape index (κ1) is 40.8. The number of nitro benzene ring substituents is 1. The number of amides is 8. The number of nitrogens with zero attached hydrogens (tertiary/aromatic N) is 4. The highest BCUT2D eigenvalue weighted by molar-refractivity contribution is 6.37. The highest BCUT2D eigenvalue weighted by atomic mass is 16.6. The molecular weight excluding hydrogens is 801 g/mol. The highest BCUT2D eigenvalue weighted by Gasteiger charge is 2.40. The monoisotopic (exact) mass is 836 g/mol. The van der Waals surface area contributed by atoms with Gasteiger partial charge in [-0.25, -0.2) is 4.90 Å². The predicted octanol–water partition coefficient (Wildman–Crippen LogP) is 2.78. The van der Waals surface area contributed by atoms with Crippen LogP contribution in [0.3, 0.4) is 0 Å². The standard InChI is InChI=1S/C44H36N8O10/c53-37(47-16-14-45-18-20-49-39(55)29-7-1-2-8-30(29)40(49)56)26-22-27(38(54)48-17-15-46-19-21-50-41(57)31-9-3-4-10-32(31)42(50)58)24-28(23-26)51-43(59)33-11-5-6-25-12-13-34(52(61)62)36(35(25)33)44(51)60/h1-13,22-24,45-46H,14-21H2,(H,47,53)(H,48,54). The molecule has 0 fully saturated rings. The molecule has 0 unspecified atom stereocenters. The Kier molecular flexibility index (Phi) is 11.2. The van der Waals surface area contributed by atoms with E-state index in [0.29, 0.717) is 32.5 Å². The van der Waals surface area contributed by atoms with Crippen LogP contribution in [0.25, 0.3) is 10.8 Å². The maximum Gasteiger partial charge on any atom is 0.282 e. The van der Waals surface area contributed by atoms with Crippen molar-refractivity contribution in [2.45, 2.75) is 0 Å². The van der Waals surface area contributed by atoms with E-state index in [9.17, 15) is 48.5 Å². The number of hydrogen-bond acceptors (Lipinski definition) is 12. The lowest BCUT2D eigenvalue weighted by Gasteiger charge is -2.27. The molecule has 3 aliphatic rings. The Morgan fingerprint density at radius 3 is 1.45 bits per heavy atom. The zero-order chi connectivity index (χ0) is 43.7. The number of carbonyl (C=O) groups is 8. The van der Waals surface area contributed by atoms with E-state index in [-0.39, 0.29) is 85.7 Å². The van der Waals surface area contributed by atoms with Crippen molar-refractivity contribution in [2.24, 2.45) is 0 Å². The van der Waals surface area contributed by atoms with Crippen molar-refractivity contribution in [1.29, 1.82) is 0 Å². The molecule has 0 radical (unpaired) electrons. The first-order valence-corrected chi connectivity index (χ1v) is 19.6. The number of nitro groups is 1. The number of carbonyl (C=O) groups excluding carboxylic acids is 8. The van der Waals surface area contributed by atoms with E-state index >= 15 is 0 Å². The Morgan fingerprint density at radius 2 is 0.984 bits per heavy atom. The largest absolute Gasteiger partial charge is 0.351 e. The molecule has 3 heterocycles. The van der Waals surface area contributed by atoms with Crippen LogP contribution < -0.4 is 26.2 Å². The van der Waals surface area contributed by atoms with Gasteiger partial charge in [-0.3, -0.25) is 58.3 Å². The Labute approximate surface area is 352 Å². The molecule has 312 valence electrons. The van der Waals surface area contributed by atoms with Gasteiger partial charge >= 0.3 is 0 Å². The SMILES string of the molecule is O=C(NCCNCCN1C(=O)c2ccccc2C1=O)c1cc(C(=O)NCCNCCN2C(=O)c3ccccc3C2=O)cc(N2C(=O)c3cccc4ccc([N+](=O)[O-])c(c34)C2=O)c1. The lowest BCUT2D eigenvalue weighted by Crippen LogP contribution is -2.41. The quantitative estimate of drug-likeness (QED) is 0.0486. The maximum atomic E-state index is 14.1. The van der Waals surface area contributed by atoms with Crippen LogP contribution in [0.4, 0.5) is 11.4 Å². The summed E-state index contributed by atoms with van der Waals surface area (Å²) in [6, 6.07) is 24.1. The van der Waals surface area contributed by atoms with Crippen molar-refractivity contribution in [2.75, 3.05) is 57.3 Å². The number of anilines is 1. The zero-order valence-electron chi connectivity index (χ0n) is 32.8. The van der Waals surface area contributed by atoms with E-state index in [2.05, 4.69) is 21.3 Å². The number of hydrogen-bond donors (Lipinski definition) is 4. The molecule has 0 aliphatic carbocycles. The summed E-state index contributed by atoms with van der Waals surface area (Å²) in [7, 11) is 0. The molecular formula is C44H36N8O10. The van der Waals surface area contributed by atoms with Crippen LogP contribution >= 0.6 is 0 Å². The average Bonchev–Trinajstić information content (AvgIpc) is 3.67. The van der Waals surface area contributed by atoms with Crippen LogP contribution in [-0.2, 0) is 0 Å². The fraction of sp³-hybridized carbons (Fsp3) is 0.182. The predicted molar refractivity (Wildman–Crippen MR) is 222 cm³/mol. The van der Waals surface area contributed by atoms with E-state index < -0.39 is 57.9 Å². The van der Waals surface area contributed by atoms with Crippen LogP contribution in [0, 0.1) is 10.1 Å². The van der Waals surface area contributed by atoms with Gasteiger partial charge in [0, 0.05) is 80.5 Å². The van der Waals surface area contributed by atoms with Crippen molar-refractivity contribution in [3.05, 3.63) is 152 Å². The van der Waals surface area contributed by atoms with Gasteiger partial charge in [0.05, 0.1) is 32.9 Å². The number of fused-ring (bicyclic) bond motifs is 2. The third kappa shape index (κ3) is 7.43. The van der Waals surface area contributed by atoms with E-state index in [0.717, 1.165) is 9.80 Å². The van der Waals surface area contributed by atoms with Gasteiger partial charge in [0.25, 0.3) is 52.9 Å². The summed E-state index contributed by atoms with van der Waals surface area (Å²) < 4.78 is 0. The smallest absolute Gasteiger partial charge is 0.282 e. The van der Waals surface area contributed by atoms with Crippen LogP contribution in [0.1, 0.15) is 82.9 Å². The number of nitrogens with one attached hydrogen (secondary N) is 4. The summed E-state index contributed by atoms with van der Waals surface area (Å²) in [6.07, 6.45) is 0. The first-order chi connectivity index (χ1) is 30.0. The molecule has 0 aromatic heterocycles. The third-order valence-corrected chi connectivity index (χ3v) is 10.7. The van der Waals surface area contributed by atoms with E-state index in [1.54, 1.807) is 60.7 Å². The molecule has 5 aromatic carbocycles. The highest BCUT2D eigenvalue weighted by Crippen LogP contribution is 2.38. The molecule has 0 bridgehead atoms. The first-order valence-electron chi connectivity index (χ1n) is 19.6. The van der Waals surface area contributed by atoms with Gasteiger partial charge in [0.1, 0.15) is 5.56 Å². The van der Waals surface area contributed by atoms with E-state index in [1.165, 1.54) is 36.4 Å². The minimum atomic E-state index is -1.01. The second-order valence-corrected chi connectivity index (χ2v) is 14.5. The van der Waals surface area contributed by atoms with Crippen molar-refractivity contribution in [1.82, 2.24) is 31.1 Å². The molecule has 8 rings (SSSR count). The molecule has 0 saturated carbocycles. The summed E-state index contributed by atoms with van der Waals surface area (Å²) in [5.41, 5.74) is 0.118. The average molecular weight is 837 g/mol. The summed E-state index contributed by atoms with van der Waals surface area (Å²) in [5.74, 6) is -4.75. The van der Waals surface area contributed by atoms with Crippen LogP contribution in [-0.4, -0.2) is 114 Å². The lowest BCUT2D eigenvalue weighted by molar-refractivity contribution is -0.385. The Morgan fingerprint density at radius 1 is 0.516 bits per heavy atom. The van der Waals surface area contributed by atoms with Gasteiger partial charge < -0.3 is 21.3 Å². The van der Waals surface area contributed by atoms with Gasteiger partial charge in [-0.05, 0) is 60.0 Å². The molecule has 0 saturated heterocycles. The summed E-state index contributed by atoms with van der Waals surface area (Å²) in [4.78, 5) is 120. The van der Waals surface area contributed by atoms with Crippen LogP contribution in [0.15, 0.2) is 97.1 Å². The number of benzene rings is 5. The normalized spacial score (nSPS) is 14.2. The van der Waals surface area contributed by atoms with Crippen LogP contribution in [0.5, 0.6) is 0 Å². The van der Waals surface area contributed by atoms with Crippen molar-refractivity contribution < 1.29 is 43.3 Å². The van der Waals surface area contributed by atoms with Gasteiger partial charge in [-0.1, -0.05) is 36.4 Å². The molecule has 62 heavy (non-hydrogen) atoms. The summed E-state index contributed by atoms with van der Waals surface area (Å²) in [6.45, 7) is 1.21. The Balaban J connectivity index is 0.948. The second kappa shape index (κ2) is 17.0. The molecule has 8 amide bonds. The van der Waals surface area contributed by atoms with Gasteiger partial charge in [0.2, 0.25) is 0 Å². The molecule has 18 heteroatoms. The molecule has 0 spiro atoms. The molecule has 18 nitrogen and oxygen atoms in total. The fourth-order valence-corrected chi connectivity index (χ4v) is 7.73. The fourth-order valence-electron chi connectivity index (χ4n) is 7.73. The van der Waals surface area contributed by atoms with Crippen molar-refractivity contribution in [3.8, 4) is 0 Å². The topological polar surface area (TPSA) is 238 Å². The summed E-state index contributed by atoms with van der Waals surface area (Å²) in [5, 5.41) is 24.2. The van der Waals surface area contributed by atoms with Crippen LogP contribution in [0.2, 0.25) is 0 Å². The van der Waals surface area contributed by atoms with E-state index in [1.807, 2.05) is 0 Å². The van der Waals surface area contributed by atoms with E-state index in [4.69, 9.17) is 0 Å². The minimum Gasteiger partial charge on any atom is -0.351 e. The van der Waals surface area contributed by atoms with Gasteiger partial charge in [-0.2, -0.15) is 0 Å². The summed E-state index contributed by atoms with van der Waals surface area (Å²) >= 11 is 0. The Bertz CT molecular complexity index is 2600. The third-order valence-electron chi connectivity index (χ3n) is 10.7. The minimum absolute atomic E-state index is 0.0150. The maximum absolute atomic E-state index is 14.1. The van der Waals surface area contributed by atoms with Crippen molar-refractivity contribution in [3.63, 3.8) is 0 Å². The van der Waals surface area contributed by atoms with Crippen molar-refractivity contribution >= 4 is 69.4 Å². The van der Waals surface area contributed by atoms with Gasteiger partial charge in [-0.15, -0.1) is 0 Å². The molecule has 3 aliphatic heterocycles. The van der Waals surface area contributed by atoms with Gasteiger partial charge in [0.15, 0.2) is 0 Å². The zero-order valence-corrected chi connectivity index (χ0v) is 32.8. The number of rotatable bonds is 16. The molecule has 5 aromatic rings. The molecule has 0 atom stereocenters. The second-order valence-electron chi connectivity index (χ2n) is 14.5. The number of imide groups is 3. The lowest BCUT2D eigenvalue weighted by atomic mass is 9.92. The molecule has 4 N–H and O–H groups in total.